The van der Waals surface area contributed by atoms with Crippen LogP contribution in [0.5, 0.6) is 0 Å². The number of nitrogen functional groups attached to an aromatic ring is 1. The minimum absolute atomic E-state index is 0.278. The molecule has 2 heterocycles. The molecule has 2 N–H and O–H groups in total. The van der Waals surface area contributed by atoms with E-state index < -0.39 is 0 Å². The highest BCUT2D eigenvalue weighted by molar-refractivity contribution is 7.15. The summed E-state index contributed by atoms with van der Waals surface area (Å²) in [6, 6.07) is 8.56. The van der Waals surface area contributed by atoms with Gasteiger partial charge in [0.15, 0.2) is 0 Å². The molecule has 3 nitrogen and oxygen atoms in total. The van der Waals surface area contributed by atoms with Gasteiger partial charge in [-0.2, -0.15) is 5.10 Å². The zero-order valence-corrected chi connectivity index (χ0v) is 13.0. The SMILES string of the molecule is Cc1cc(-c2nn(C)c(N)c2-c2cccc(F)c2)sc1C. The standard InChI is InChI=1S/C16H16FN3S/c1-9-7-13(21-10(9)2)15-14(16(18)20(3)19-15)11-5-4-6-12(17)8-11/h4-8H,18H2,1-3H3. The van der Waals surface area contributed by atoms with E-state index in [2.05, 4.69) is 25.0 Å². The van der Waals surface area contributed by atoms with E-state index >= 15 is 0 Å². The Morgan fingerprint density at radius 2 is 2.00 bits per heavy atom. The second-order valence-corrected chi connectivity index (χ2v) is 6.35. The molecule has 5 heteroatoms. The van der Waals surface area contributed by atoms with Gasteiger partial charge in [0.2, 0.25) is 0 Å². The Morgan fingerprint density at radius 1 is 1.24 bits per heavy atom. The molecule has 0 radical (unpaired) electrons. The third kappa shape index (κ3) is 2.34. The van der Waals surface area contributed by atoms with E-state index in [0.29, 0.717) is 5.82 Å². The highest BCUT2D eigenvalue weighted by Gasteiger charge is 2.19. The third-order valence-electron chi connectivity index (χ3n) is 3.60. The van der Waals surface area contributed by atoms with Crippen LogP contribution in [0.2, 0.25) is 0 Å². The number of thiophene rings is 1. The molecule has 1 aromatic carbocycles. The summed E-state index contributed by atoms with van der Waals surface area (Å²) in [5.74, 6) is 0.263. The van der Waals surface area contributed by atoms with Crippen LogP contribution in [0.1, 0.15) is 10.4 Å². The van der Waals surface area contributed by atoms with Gasteiger partial charge in [0.1, 0.15) is 17.3 Å². The molecule has 0 atom stereocenters. The molecular formula is C16H16FN3S. The topological polar surface area (TPSA) is 43.8 Å². The van der Waals surface area contributed by atoms with Crippen molar-refractivity contribution in [3.63, 3.8) is 0 Å². The van der Waals surface area contributed by atoms with Crippen molar-refractivity contribution in [2.75, 3.05) is 5.73 Å². The van der Waals surface area contributed by atoms with Gasteiger partial charge in [0.25, 0.3) is 0 Å². The molecule has 108 valence electrons. The van der Waals surface area contributed by atoms with Gasteiger partial charge in [0.05, 0.1) is 10.4 Å². The number of hydrogen-bond acceptors (Lipinski definition) is 3. The smallest absolute Gasteiger partial charge is 0.129 e. The fourth-order valence-corrected chi connectivity index (χ4v) is 3.35. The number of aryl methyl sites for hydroxylation is 3. The Kier molecular flexibility index (Phi) is 3.29. The van der Waals surface area contributed by atoms with Crippen molar-refractivity contribution in [2.45, 2.75) is 13.8 Å². The van der Waals surface area contributed by atoms with Crippen LogP contribution in [0.3, 0.4) is 0 Å². The predicted molar refractivity (Wildman–Crippen MR) is 85.8 cm³/mol. The van der Waals surface area contributed by atoms with Crippen molar-refractivity contribution >= 4 is 17.2 Å². The van der Waals surface area contributed by atoms with Gasteiger partial charge >= 0.3 is 0 Å². The van der Waals surface area contributed by atoms with Crippen LogP contribution in [-0.2, 0) is 7.05 Å². The van der Waals surface area contributed by atoms with Crippen LogP contribution in [0.25, 0.3) is 21.7 Å². The molecule has 0 amide bonds. The van der Waals surface area contributed by atoms with E-state index in [1.807, 2.05) is 6.07 Å². The van der Waals surface area contributed by atoms with Crippen molar-refractivity contribution < 1.29 is 4.39 Å². The van der Waals surface area contributed by atoms with Crippen molar-refractivity contribution in [2.24, 2.45) is 7.05 Å². The molecule has 0 aliphatic rings. The first kappa shape index (κ1) is 13.8. The summed E-state index contributed by atoms with van der Waals surface area (Å²) in [4.78, 5) is 2.30. The Labute approximate surface area is 126 Å². The van der Waals surface area contributed by atoms with Crippen LogP contribution in [0, 0.1) is 19.7 Å². The summed E-state index contributed by atoms with van der Waals surface area (Å²) in [6.07, 6.45) is 0. The average molecular weight is 301 g/mol. The summed E-state index contributed by atoms with van der Waals surface area (Å²) in [5.41, 5.74) is 9.72. The molecule has 3 rings (SSSR count). The Bertz CT molecular complexity index is 798. The van der Waals surface area contributed by atoms with Crippen molar-refractivity contribution in [3.05, 3.63) is 46.6 Å². The summed E-state index contributed by atoms with van der Waals surface area (Å²) < 4.78 is 15.2. The summed E-state index contributed by atoms with van der Waals surface area (Å²) >= 11 is 1.68. The summed E-state index contributed by atoms with van der Waals surface area (Å²) in [7, 11) is 1.80. The van der Waals surface area contributed by atoms with E-state index in [1.54, 1.807) is 29.1 Å². The zero-order valence-electron chi connectivity index (χ0n) is 12.1. The van der Waals surface area contributed by atoms with Crippen LogP contribution >= 0.6 is 11.3 Å². The Balaban J connectivity index is 2.25. The lowest BCUT2D eigenvalue weighted by Gasteiger charge is -2.03. The molecule has 0 fully saturated rings. The van der Waals surface area contributed by atoms with Gasteiger partial charge in [-0.05, 0) is 43.2 Å². The second kappa shape index (κ2) is 5.00. The van der Waals surface area contributed by atoms with E-state index in [4.69, 9.17) is 5.73 Å². The largest absolute Gasteiger partial charge is 0.383 e. The van der Waals surface area contributed by atoms with Gasteiger partial charge in [-0.15, -0.1) is 11.3 Å². The lowest BCUT2D eigenvalue weighted by Crippen LogP contribution is -1.98. The normalized spacial score (nSPS) is 11.0. The van der Waals surface area contributed by atoms with Crippen LogP contribution in [0.15, 0.2) is 30.3 Å². The third-order valence-corrected chi connectivity index (χ3v) is 4.76. The van der Waals surface area contributed by atoms with Gasteiger partial charge < -0.3 is 5.73 Å². The maximum Gasteiger partial charge on any atom is 0.129 e. The number of anilines is 1. The maximum absolute atomic E-state index is 13.5. The van der Waals surface area contributed by atoms with Gasteiger partial charge in [-0.1, -0.05) is 12.1 Å². The van der Waals surface area contributed by atoms with Crippen molar-refractivity contribution in [1.29, 1.82) is 0 Å². The van der Waals surface area contributed by atoms with Gasteiger partial charge in [-0.3, -0.25) is 4.68 Å². The number of hydrogen-bond donors (Lipinski definition) is 1. The fourth-order valence-electron chi connectivity index (χ4n) is 2.33. The molecule has 0 aliphatic carbocycles. The first-order valence-electron chi connectivity index (χ1n) is 6.63. The average Bonchev–Trinajstić information content (AvgIpc) is 2.91. The lowest BCUT2D eigenvalue weighted by atomic mass is 10.0. The number of rotatable bonds is 2. The second-order valence-electron chi connectivity index (χ2n) is 5.09. The quantitative estimate of drug-likeness (QED) is 0.772. The number of nitrogens with two attached hydrogens (primary N) is 1. The lowest BCUT2D eigenvalue weighted by molar-refractivity contribution is 0.628. The summed E-state index contributed by atoms with van der Waals surface area (Å²) in [5, 5.41) is 4.52. The first-order valence-corrected chi connectivity index (χ1v) is 7.45. The fraction of sp³-hybridized carbons (Fsp3) is 0.188. The molecular weight excluding hydrogens is 285 g/mol. The Hall–Kier alpha value is -2.14. The Morgan fingerprint density at radius 3 is 2.62 bits per heavy atom. The molecule has 0 aliphatic heterocycles. The molecule has 0 bridgehead atoms. The minimum atomic E-state index is -0.278. The number of halogens is 1. The molecule has 2 aromatic heterocycles. The van der Waals surface area contributed by atoms with E-state index in [1.165, 1.54) is 22.6 Å². The van der Waals surface area contributed by atoms with Crippen molar-refractivity contribution in [1.82, 2.24) is 9.78 Å². The minimum Gasteiger partial charge on any atom is -0.383 e. The van der Waals surface area contributed by atoms with Gasteiger partial charge in [0, 0.05) is 11.9 Å². The first-order chi connectivity index (χ1) is 9.97. The van der Waals surface area contributed by atoms with E-state index in [-0.39, 0.29) is 5.82 Å². The van der Waals surface area contributed by atoms with E-state index in [9.17, 15) is 4.39 Å². The van der Waals surface area contributed by atoms with Gasteiger partial charge in [-0.25, -0.2) is 4.39 Å². The number of aromatic nitrogens is 2. The maximum atomic E-state index is 13.5. The molecule has 0 saturated carbocycles. The monoisotopic (exact) mass is 301 g/mol. The molecule has 0 unspecified atom stereocenters. The van der Waals surface area contributed by atoms with Crippen LogP contribution in [-0.4, -0.2) is 9.78 Å². The molecule has 0 spiro atoms. The number of benzene rings is 1. The molecule has 3 aromatic rings. The van der Waals surface area contributed by atoms with Crippen LogP contribution < -0.4 is 5.73 Å². The van der Waals surface area contributed by atoms with Crippen molar-refractivity contribution in [3.8, 4) is 21.7 Å². The van der Waals surface area contributed by atoms with Crippen LogP contribution in [0.4, 0.5) is 10.2 Å². The van der Waals surface area contributed by atoms with E-state index in [0.717, 1.165) is 21.7 Å². The predicted octanol–water partition coefficient (Wildman–Crippen LogP) is 4.15. The number of nitrogens with zero attached hydrogens (tertiary/aromatic N) is 2. The molecule has 0 saturated heterocycles. The zero-order chi connectivity index (χ0) is 15.1. The summed E-state index contributed by atoms with van der Waals surface area (Å²) in [6.45, 7) is 4.15. The highest BCUT2D eigenvalue weighted by Crippen LogP contribution is 2.39. The highest BCUT2D eigenvalue weighted by atomic mass is 32.1. The molecule has 21 heavy (non-hydrogen) atoms.